The third-order valence-corrected chi connectivity index (χ3v) is 3.06. The Bertz CT molecular complexity index is 711. The van der Waals surface area contributed by atoms with E-state index in [1.165, 1.54) is 6.07 Å². The SMILES string of the molecule is FC(F)(F)c1cccc(Cc2nc3ccccc3[nH]2)c1. The van der Waals surface area contributed by atoms with Crippen LogP contribution < -0.4 is 0 Å². The molecule has 102 valence electrons. The Morgan fingerprint density at radius 3 is 2.55 bits per heavy atom. The van der Waals surface area contributed by atoms with Crippen LogP contribution in [0.4, 0.5) is 13.2 Å². The Labute approximate surface area is 113 Å². The van der Waals surface area contributed by atoms with Crippen molar-refractivity contribution in [1.82, 2.24) is 9.97 Å². The lowest BCUT2D eigenvalue weighted by atomic mass is 10.1. The number of nitrogens with zero attached hydrogens (tertiary/aromatic N) is 1. The molecular weight excluding hydrogens is 265 g/mol. The van der Waals surface area contributed by atoms with Gasteiger partial charge < -0.3 is 4.98 Å². The van der Waals surface area contributed by atoms with E-state index in [4.69, 9.17) is 0 Å². The van der Waals surface area contributed by atoms with Crippen LogP contribution in [0.25, 0.3) is 11.0 Å². The van der Waals surface area contributed by atoms with Crippen molar-refractivity contribution < 1.29 is 13.2 Å². The Hall–Kier alpha value is -2.30. The van der Waals surface area contributed by atoms with Crippen LogP contribution in [0.3, 0.4) is 0 Å². The van der Waals surface area contributed by atoms with E-state index in [-0.39, 0.29) is 0 Å². The van der Waals surface area contributed by atoms with Gasteiger partial charge >= 0.3 is 6.18 Å². The van der Waals surface area contributed by atoms with E-state index in [0.29, 0.717) is 17.8 Å². The molecule has 1 aromatic heterocycles. The summed E-state index contributed by atoms with van der Waals surface area (Å²) in [5.41, 5.74) is 1.65. The minimum absolute atomic E-state index is 0.346. The van der Waals surface area contributed by atoms with Gasteiger partial charge in [0.1, 0.15) is 5.82 Å². The summed E-state index contributed by atoms with van der Waals surface area (Å²) in [5, 5.41) is 0. The fourth-order valence-corrected chi connectivity index (χ4v) is 2.14. The van der Waals surface area contributed by atoms with Crippen LogP contribution in [0.2, 0.25) is 0 Å². The van der Waals surface area contributed by atoms with Crippen molar-refractivity contribution in [3.8, 4) is 0 Å². The molecule has 3 aromatic rings. The van der Waals surface area contributed by atoms with E-state index >= 15 is 0 Å². The molecule has 0 unspecified atom stereocenters. The van der Waals surface area contributed by atoms with Gasteiger partial charge in [0, 0.05) is 6.42 Å². The number of aromatic amines is 1. The zero-order valence-electron chi connectivity index (χ0n) is 10.4. The molecule has 5 heteroatoms. The van der Waals surface area contributed by atoms with Gasteiger partial charge in [-0.05, 0) is 23.8 Å². The number of halogens is 3. The van der Waals surface area contributed by atoms with Crippen LogP contribution in [0.1, 0.15) is 17.0 Å². The lowest BCUT2D eigenvalue weighted by molar-refractivity contribution is -0.137. The number of hydrogen-bond donors (Lipinski definition) is 1. The molecule has 2 nitrogen and oxygen atoms in total. The Kier molecular flexibility index (Phi) is 2.97. The van der Waals surface area contributed by atoms with Crippen molar-refractivity contribution in [3.05, 3.63) is 65.5 Å². The number of hydrogen-bond acceptors (Lipinski definition) is 1. The number of para-hydroxylation sites is 2. The second kappa shape index (κ2) is 4.67. The standard InChI is InChI=1S/C15H11F3N2/c16-15(17,18)11-5-3-4-10(8-11)9-14-19-12-6-1-2-7-13(12)20-14/h1-8H,9H2,(H,19,20). The van der Waals surface area contributed by atoms with Gasteiger partial charge in [-0.3, -0.25) is 0 Å². The first-order valence-corrected chi connectivity index (χ1v) is 6.12. The minimum atomic E-state index is -4.32. The monoisotopic (exact) mass is 276 g/mol. The van der Waals surface area contributed by atoms with Crippen molar-refractivity contribution in [1.29, 1.82) is 0 Å². The summed E-state index contributed by atoms with van der Waals surface area (Å²) in [6, 6.07) is 12.8. The quantitative estimate of drug-likeness (QED) is 0.747. The molecule has 0 radical (unpaired) electrons. The lowest BCUT2D eigenvalue weighted by Gasteiger charge is -2.07. The highest BCUT2D eigenvalue weighted by molar-refractivity contribution is 5.74. The van der Waals surface area contributed by atoms with Crippen molar-refractivity contribution in [3.63, 3.8) is 0 Å². The summed E-state index contributed by atoms with van der Waals surface area (Å²) in [6.07, 6.45) is -3.97. The van der Waals surface area contributed by atoms with Crippen LogP contribution in [-0.4, -0.2) is 9.97 Å². The van der Waals surface area contributed by atoms with Crippen LogP contribution in [-0.2, 0) is 12.6 Å². The zero-order valence-corrected chi connectivity index (χ0v) is 10.4. The summed E-state index contributed by atoms with van der Waals surface area (Å²) >= 11 is 0. The van der Waals surface area contributed by atoms with Crippen LogP contribution in [0.5, 0.6) is 0 Å². The van der Waals surface area contributed by atoms with E-state index in [1.54, 1.807) is 6.07 Å². The van der Waals surface area contributed by atoms with Gasteiger partial charge in [0.15, 0.2) is 0 Å². The molecule has 20 heavy (non-hydrogen) atoms. The summed E-state index contributed by atoms with van der Waals surface area (Å²) in [7, 11) is 0. The van der Waals surface area contributed by atoms with Gasteiger partial charge in [0.25, 0.3) is 0 Å². The summed E-state index contributed by atoms with van der Waals surface area (Å²) in [5.74, 6) is 0.658. The Morgan fingerprint density at radius 2 is 1.80 bits per heavy atom. The maximum absolute atomic E-state index is 12.7. The Balaban J connectivity index is 1.91. The molecule has 2 aromatic carbocycles. The van der Waals surface area contributed by atoms with Gasteiger partial charge in [0.2, 0.25) is 0 Å². The first-order chi connectivity index (χ1) is 9.52. The molecule has 0 amide bonds. The van der Waals surface area contributed by atoms with E-state index in [9.17, 15) is 13.2 Å². The van der Waals surface area contributed by atoms with Gasteiger partial charge in [-0.2, -0.15) is 13.2 Å². The summed E-state index contributed by atoms with van der Waals surface area (Å²) < 4.78 is 38.0. The zero-order chi connectivity index (χ0) is 14.2. The van der Waals surface area contributed by atoms with Crippen LogP contribution in [0.15, 0.2) is 48.5 Å². The largest absolute Gasteiger partial charge is 0.416 e. The lowest BCUT2D eigenvalue weighted by Crippen LogP contribution is -2.05. The van der Waals surface area contributed by atoms with Crippen LogP contribution in [0, 0.1) is 0 Å². The van der Waals surface area contributed by atoms with Crippen LogP contribution >= 0.6 is 0 Å². The number of rotatable bonds is 2. The van der Waals surface area contributed by atoms with Crippen molar-refractivity contribution in [2.24, 2.45) is 0 Å². The predicted octanol–water partition coefficient (Wildman–Crippen LogP) is 4.17. The molecule has 0 aliphatic rings. The molecule has 0 saturated carbocycles. The van der Waals surface area contributed by atoms with Crippen molar-refractivity contribution >= 4 is 11.0 Å². The second-order valence-corrected chi connectivity index (χ2v) is 4.58. The molecule has 0 aliphatic heterocycles. The highest BCUT2D eigenvalue weighted by Gasteiger charge is 2.30. The summed E-state index contributed by atoms with van der Waals surface area (Å²) in [4.78, 5) is 7.47. The molecule has 0 saturated heterocycles. The van der Waals surface area contributed by atoms with Gasteiger partial charge in [-0.15, -0.1) is 0 Å². The molecule has 0 fully saturated rings. The number of benzene rings is 2. The number of aromatic nitrogens is 2. The molecule has 1 heterocycles. The van der Waals surface area contributed by atoms with Gasteiger partial charge in [-0.1, -0.05) is 30.3 Å². The first kappa shape index (κ1) is 12.7. The molecule has 0 aliphatic carbocycles. The Morgan fingerprint density at radius 1 is 1.00 bits per heavy atom. The topological polar surface area (TPSA) is 28.7 Å². The predicted molar refractivity (Wildman–Crippen MR) is 70.3 cm³/mol. The van der Waals surface area contributed by atoms with Crippen molar-refractivity contribution in [2.45, 2.75) is 12.6 Å². The third-order valence-electron chi connectivity index (χ3n) is 3.06. The molecule has 0 spiro atoms. The maximum Gasteiger partial charge on any atom is 0.416 e. The van der Waals surface area contributed by atoms with E-state index in [1.807, 2.05) is 24.3 Å². The number of alkyl halides is 3. The molecule has 3 rings (SSSR count). The normalized spacial score (nSPS) is 11.9. The summed E-state index contributed by atoms with van der Waals surface area (Å²) in [6.45, 7) is 0. The average Bonchev–Trinajstić information content (AvgIpc) is 2.80. The van der Waals surface area contributed by atoms with Gasteiger partial charge in [-0.25, -0.2) is 4.98 Å². The number of fused-ring (bicyclic) bond motifs is 1. The molecule has 1 N–H and O–H groups in total. The van der Waals surface area contributed by atoms with E-state index < -0.39 is 11.7 Å². The average molecular weight is 276 g/mol. The fourth-order valence-electron chi connectivity index (χ4n) is 2.14. The molecule has 0 atom stereocenters. The minimum Gasteiger partial charge on any atom is -0.342 e. The molecule has 0 bridgehead atoms. The fraction of sp³-hybridized carbons (Fsp3) is 0.133. The highest BCUT2D eigenvalue weighted by atomic mass is 19.4. The van der Waals surface area contributed by atoms with Gasteiger partial charge in [0.05, 0.1) is 16.6 Å². The smallest absolute Gasteiger partial charge is 0.342 e. The number of imidazole rings is 1. The highest BCUT2D eigenvalue weighted by Crippen LogP contribution is 2.29. The molecular formula is C15H11F3N2. The van der Waals surface area contributed by atoms with E-state index in [2.05, 4.69) is 9.97 Å². The number of H-pyrrole nitrogens is 1. The number of nitrogens with one attached hydrogen (secondary N) is 1. The second-order valence-electron chi connectivity index (χ2n) is 4.58. The first-order valence-electron chi connectivity index (χ1n) is 6.12. The van der Waals surface area contributed by atoms with Crippen molar-refractivity contribution in [2.75, 3.05) is 0 Å². The maximum atomic E-state index is 12.7. The van der Waals surface area contributed by atoms with E-state index in [0.717, 1.165) is 23.2 Å². The third kappa shape index (κ3) is 2.52.